The number of carbonyl (C=O) groups excluding carboxylic acids is 1. The fourth-order valence-electron chi connectivity index (χ4n) is 2.58. The van der Waals surface area contributed by atoms with E-state index in [-0.39, 0.29) is 23.1 Å². The number of hydrogen-bond acceptors (Lipinski definition) is 2. The van der Waals surface area contributed by atoms with Gasteiger partial charge in [-0.25, -0.2) is 0 Å². The van der Waals surface area contributed by atoms with E-state index in [0.717, 1.165) is 17.5 Å². The third-order valence-corrected chi connectivity index (χ3v) is 4.07. The molecule has 3 aromatic rings. The summed E-state index contributed by atoms with van der Waals surface area (Å²) in [5.74, 6) is -0.0400. The van der Waals surface area contributed by atoms with Crippen molar-refractivity contribution in [1.82, 2.24) is 10.3 Å². The van der Waals surface area contributed by atoms with E-state index in [2.05, 4.69) is 16.4 Å². The van der Waals surface area contributed by atoms with Crippen LogP contribution in [0.2, 0.25) is 5.02 Å². The summed E-state index contributed by atoms with van der Waals surface area (Å²) >= 11 is 5.84. The molecular weight excluding hydrogens is 312 g/mol. The van der Waals surface area contributed by atoms with Gasteiger partial charge in [-0.3, -0.25) is 4.79 Å². The summed E-state index contributed by atoms with van der Waals surface area (Å²) in [5.41, 5.74) is 3.07. The van der Waals surface area contributed by atoms with E-state index >= 15 is 0 Å². The maximum atomic E-state index is 12.0. The monoisotopic (exact) mass is 328 g/mol. The summed E-state index contributed by atoms with van der Waals surface area (Å²) in [6.07, 6.45) is 3.00. The minimum absolute atomic E-state index is 0.0233. The molecule has 0 aliphatic carbocycles. The highest BCUT2D eigenvalue weighted by molar-refractivity contribution is 6.32. The number of hydrogen-bond donors (Lipinski definition) is 3. The Kier molecular flexibility index (Phi) is 4.53. The lowest BCUT2D eigenvalue weighted by Crippen LogP contribution is -2.27. The van der Waals surface area contributed by atoms with E-state index in [0.29, 0.717) is 6.54 Å². The van der Waals surface area contributed by atoms with E-state index in [9.17, 15) is 9.90 Å². The smallest absolute Gasteiger partial charge is 0.224 e. The number of aromatic amines is 1. The lowest BCUT2D eigenvalue weighted by Gasteiger charge is -2.06. The Bertz CT molecular complexity index is 842. The average molecular weight is 329 g/mol. The Balaban J connectivity index is 1.54. The van der Waals surface area contributed by atoms with E-state index < -0.39 is 0 Å². The molecule has 3 N–H and O–H groups in total. The molecular formula is C18H17ClN2O2. The number of H-pyrrole nitrogens is 1. The number of phenols is 1. The molecule has 4 nitrogen and oxygen atoms in total. The zero-order valence-corrected chi connectivity index (χ0v) is 13.2. The fraction of sp³-hybridized carbons (Fsp3) is 0.167. The molecule has 1 aromatic heterocycles. The molecule has 0 radical (unpaired) electrons. The number of aromatic hydroxyl groups is 1. The van der Waals surface area contributed by atoms with Crippen LogP contribution in [0.3, 0.4) is 0 Å². The first-order chi connectivity index (χ1) is 11.1. The molecule has 0 aliphatic heterocycles. The number of rotatable bonds is 5. The molecule has 0 saturated heterocycles. The first-order valence-electron chi connectivity index (χ1n) is 7.42. The van der Waals surface area contributed by atoms with Crippen molar-refractivity contribution in [3.63, 3.8) is 0 Å². The molecule has 0 unspecified atom stereocenters. The van der Waals surface area contributed by atoms with Crippen LogP contribution in [0.5, 0.6) is 5.75 Å². The zero-order valence-electron chi connectivity index (χ0n) is 12.5. The second kappa shape index (κ2) is 6.75. The zero-order chi connectivity index (χ0) is 16.2. The van der Waals surface area contributed by atoms with Gasteiger partial charge in [0.2, 0.25) is 5.91 Å². The van der Waals surface area contributed by atoms with E-state index in [1.807, 2.05) is 24.4 Å². The van der Waals surface area contributed by atoms with Crippen LogP contribution < -0.4 is 5.32 Å². The summed E-state index contributed by atoms with van der Waals surface area (Å²) in [5, 5.41) is 13.7. The lowest BCUT2D eigenvalue weighted by atomic mass is 10.1. The fourth-order valence-corrected chi connectivity index (χ4v) is 2.79. The number of benzene rings is 2. The Morgan fingerprint density at radius 3 is 2.87 bits per heavy atom. The van der Waals surface area contributed by atoms with Crippen molar-refractivity contribution in [3.05, 3.63) is 64.8 Å². The van der Waals surface area contributed by atoms with Gasteiger partial charge >= 0.3 is 0 Å². The van der Waals surface area contributed by atoms with Crippen LogP contribution in [-0.4, -0.2) is 22.5 Å². The van der Waals surface area contributed by atoms with Crippen LogP contribution in [0.4, 0.5) is 0 Å². The topological polar surface area (TPSA) is 65.1 Å². The van der Waals surface area contributed by atoms with Gasteiger partial charge in [0.25, 0.3) is 0 Å². The number of nitrogens with one attached hydrogen (secondary N) is 2. The van der Waals surface area contributed by atoms with Crippen molar-refractivity contribution in [3.8, 4) is 5.75 Å². The molecule has 1 heterocycles. The minimum atomic E-state index is -0.0633. The number of phenolic OH excluding ortho intramolecular Hbond substituents is 1. The summed E-state index contributed by atoms with van der Waals surface area (Å²) in [6.45, 7) is 0.576. The maximum absolute atomic E-state index is 12.0. The van der Waals surface area contributed by atoms with Crippen molar-refractivity contribution in [2.75, 3.05) is 6.54 Å². The van der Waals surface area contributed by atoms with Gasteiger partial charge in [-0.2, -0.15) is 0 Å². The van der Waals surface area contributed by atoms with E-state index in [4.69, 9.17) is 11.6 Å². The van der Waals surface area contributed by atoms with Gasteiger partial charge in [0.15, 0.2) is 0 Å². The largest absolute Gasteiger partial charge is 0.506 e. The number of carbonyl (C=O) groups is 1. The van der Waals surface area contributed by atoms with Gasteiger partial charge in [0, 0.05) is 23.6 Å². The van der Waals surface area contributed by atoms with Crippen molar-refractivity contribution >= 4 is 28.4 Å². The number of fused-ring (bicyclic) bond motifs is 1. The normalized spacial score (nSPS) is 10.8. The molecule has 3 rings (SSSR count). The molecule has 118 valence electrons. The molecule has 0 atom stereocenters. The molecule has 0 fully saturated rings. The molecule has 0 bridgehead atoms. The summed E-state index contributed by atoms with van der Waals surface area (Å²) in [4.78, 5) is 15.2. The van der Waals surface area contributed by atoms with Gasteiger partial charge in [0.05, 0.1) is 11.4 Å². The maximum Gasteiger partial charge on any atom is 0.224 e. The highest BCUT2D eigenvalue weighted by atomic mass is 35.5. The molecule has 0 aliphatic rings. The number of aromatic nitrogens is 1. The van der Waals surface area contributed by atoms with Gasteiger partial charge in [0.1, 0.15) is 5.75 Å². The quantitative estimate of drug-likeness (QED) is 0.672. The van der Waals surface area contributed by atoms with Crippen LogP contribution >= 0.6 is 11.6 Å². The molecule has 5 heteroatoms. The number of amides is 1. The molecule has 23 heavy (non-hydrogen) atoms. The van der Waals surface area contributed by atoms with Crippen LogP contribution in [0.1, 0.15) is 11.1 Å². The number of halogens is 1. The SMILES string of the molecule is O=C(Cc1ccc(O)c(Cl)c1)NCCc1c[nH]c2ccccc12. The summed E-state index contributed by atoms with van der Waals surface area (Å²) in [7, 11) is 0. The van der Waals surface area contributed by atoms with Crippen LogP contribution in [0, 0.1) is 0 Å². The number of para-hydroxylation sites is 1. The second-order valence-electron chi connectivity index (χ2n) is 5.42. The summed E-state index contributed by atoms with van der Waals surface area (Å²) < 4.78 is 0. The first kappa shape index (κ1) is 15.4. The highest BCUT2D eigenvalue weighted by Crippen LogP contribution is 2.23. The van der Waals surface area contributed by atoms with Gasteiger partial charge in [-0.05, 0) is 35.7 Å². The van der Waals surface area contributed by atoms with Crippen molar-refractivity contribution in [2.24, 2.45) is 0 Å². The van der Waals surface area contributed by atoms with Crippen LogP contribution in [-0.2, 0) is 17.6 Å². The predicted octanol–water partition coefficient (Wildman–Crippen LogP) is 3.43. The van der Waals surface area contributed by atoms with E-state index in [1.165, 1.54) is 17.0 Å². The van der Waals surface area contributed by atoms with Crippen molar-refractivity contribution < 1.29 is 9.90 Å². The van der Waals surface area contributed by atoms with E-state index in [1.54, 1.807) is 12.1 Å². The predicted molar refractivity (Wildman–Crippen MR) is 91.8 cm³/mol. The molecule has 1 amide bonds. The molecule has 0 spiro atoms. The Hall–Kier alpha value is -2.46. The lowest BCUT2D eigenvalue weighted by molar-refractivity contribution is -0.120. The standard InChI is InChI=1S/C18H17ClN2O2/c19-15-9-12(5-6-17(15)22)10-18(23)20-8-7-13-11-21-16-4-2-1-3-14(13)16/h1-6,9,11,21-22H,7-8,10H2,(H,20,23). The third kappa shape index (κ3) is 3.66. The summed E-state index contributed by atoms with van der Waals surface area (Å²) in [6, 6.07) is 12.9. The third-order valence-electron chi connectivity index (χ3n) is 3.77. The van der Waals surface area contributed by atoms with Crippen LogP contribution in [0.15, 0.2) is 48.7 Å². The minimum Gasteiger partial charge on any atom is -0.506 e. The average Bonchev–Trinajstić information content (AvgIpc) is 2.94. The molecule has 0 saturated carbocycles. The van der Waals surface area contributed by atoms with Gasteiger partial charge in [-0.15, -0.1) is 0 Å². The first-order valence-corrected chi connectivity index (χ1v) is 7.80. The highest BCUT2D eigenvalue weighted by Gasteiger charge is 2.07. The van der Waals surface area contributed by atoms with Crippen molar-refractivity contribution in [2.45, 2.75) is 12.8 Å². The Labute approximate surface area is 139 Å². The van der Waals surface area contributed by atoms with Gasteiger partial charge < -0.3 is 15.4 Å². The Morgan fingerprint density at radius 1 is 1.22 bits per heavy atom. The van der Waals surface area contributed by atoms with Crippen LogP contribution in [0.25, 0.3) is 10.9 Å². The van der Waals surface area contributed by atoms with Crippen molar-refractivity contribution in [1.29, 1.82) is 0 Å². The Morgan fingerprint density at radius 2 is 2.04 bits per heavy atom. The molecule has 2 aromatic carbocycles. The van der Waals surface area contributed by atoms with Gasteiger partial charge in [-0.1, -0.05) is 35.9 Å². The second-order valence-corrected chi connectivity index (χ2v) is 5.83.